The van der Waals surface area contributed by atoms with Crippen LogP contribution >= 0.6 is 23.2 Å². The molecule has 0 fully saturated rings. The van der Waals surface area contributed by atoms with E-state index in [1.807, 2.05) is 0 Å². The van der Waals surface area contributed by atoms with Crippen LogP contribution in [-0.4, -0.2) is 28.6 Å². The molecule has 0 aliphatic rings. The Morgan fingerprint density at radius 2 is 2.05 bits per heavy atom. The van der Waals surface area contributed by atoms with Crippen LogP contribution in [-0.2, 0) is 4.79 Å². The van der Waals surface area contributed by atoms with Gasteiger partial charge in [0.1, 0.15) is 12.8 Å². The molecule has 0 unspecified atom stereocenters. The van der Waals surface area contributed by atoms with Gasteiger partial charge in [0.15, 0.2) is 4.84 Å². The summed E-state index contributed by atoms with van der Waals surface area (Å²) in [4.78, 5) is 12.5. The minimum absolute atomic E-state index is 0.352. The van der Waals surface area contributed by atoms with E-state index in [0.29, 0.717) is 11.3 Å². The van der Waals surface area contributed by atoms with Gasteiger partial charge in [-0.25, -0.2) is 4.39 Å². The van der Waals surface area contributed by atoms with Gasteiger partial charge < -0.3 is 10.4 Å². The molecule has 2 atom stereocenters. The van der Waals surface area contributed by atoms with E-state index in [0.717, 1.165) is 0 Å². The molecule has 0 saturated heterocycles. The van der Waals surface area contributed by atoms with Crippen molar-refractivity contribution in [2.24, 2.45) is 5.11 Å². The van der Waals surface area contributed by atoms with E-state index in [4.69, 9.17) is 28.7 Å². The number of nitrogens with one attached hydrogen (secondary N) is 1. The first kappa shape index (κ1) is 16.5. The molecule has 0 saturated carbocycles. The number of aliphatic hydroxyl groups excluding tert-OH is 1. The highest BCUT2D eigenvalue weighted by atomic mass is 35.5. The zero-order chi connectivity index (χ0) is 15.1. The third-order valence-electron chi connectivity index (χ3n) is 2.47. The molecule has 0 aromatic heterocycles. The van der Waals surface area contributed by atoms with Crippen molar-refractivity contribution in [3.8, 4) is 0 Å². The SMILES string of the molecule is [N-]=[N+]=Nc1ccc([C@H](O)[C@@H](CF)NC(=O)C(Cl)Cl)cc1. The fourth-order valence-electron chi connectivity index (χ4n) is 1.47. The van der Waals surface area contributed by atoms with E-state index < -0.39 is 29.6 Å². The number of alkyl halides is 3. The number of hydrogen-bond acceptors (Lipinski definition) is 3. The molecule has 9 heteroatoms. The molecule has 0 heterocycles. The maximum atomic E-state index is 12.9. The van der Waals surface area contributed by atoms with Gasteiger partial charge in [-0.2, -0.15) is 0 Å². The smallest absolute Gasteiger partial charge is 0.253 e. The minimum Gasteiger partial charge on any atom is -0.386 e. The Balaban J connectivity index is 2.82. The molecule has 1 aromatic carbocycles. The number of rotatable bonds is 6. The number of amides is 1. The number of carbonyl (C=O) groups excluding carboxylic acids is 1. The van der Waals surface area contributed by atoms with Gasteiger partial charge >= 0.3 is 0 Å². The standard InChI is InChI=1S/C11H11Cl2FN4O2/c12-10(13)11(20)16-8(5-14)9(19)6-1-3-7(4-2-6)17-18-15/h1-4,8-10,19H,5H2,(H,16,20)/t8-,9+/m1/s1. The Kier molecular flexibility index (Phi) is 6.54. The first-order valence-electron chi connectivity index (χ1n) is 5.47. The predicted octanol–water partition coefficient (Wildman–Crippen LogP) is 2.92. The fourth-order valence-corrected chi connectivity index (χ4v) is 1.60. The molecule has 2 N–H and O–H groups in total. The molecule has 0 aliphatic heterocycles. The zero-order valence-electron chi connectivity index (χ0n) is 10.1. The molecule has 0 radical (unpaired) electrons. The molecule has 0 aliphatic carbocycles. The van der Waals surface area contributed by atoms with Crippen molar-refractivity contribution in [2.45, 2.75) is 17.0 Å². The minimum atomic E-state index is -1.34. The molecule has 108 valence electrons. The van der Waals surface area contributed by atoms with Crippen molar-refractivity contribution < 1.29 is 14.3 Å². The van der Waals surface area contributed by atoms with Gasteiger partial charge in [-0.15, -0.1) is 0 Å². The molecular formula is C11H11Cl2FN4O2. The van der Waals surface area contributed by atoms with Gasteiger partial charge in [0.25, 0.3) is 5.91 Å². The van der Waals surface area contributed by atoms with Gasteiger partial charge in [-0.05, 0) is 11.1 Å². The lowest BCUT2D eigenvalue weighted by molar-refractivity contribution is -0.121. The Labute approximate surface area is 124 Å². The molecular weight excluding hydrogens is 310 g/mol. The van der Waals surface area contributed by atoms with Crippen molar-refractivity contribution in [3.63, 3.8) is 0 Å². The van der Waals surface area contributed by atoms with Crippen molar-refractivity contribution in [1.29, 1.82) is 0 Å². The van der Waals surface area contributed by atoms with Crippen molar-refractivity contribution in [2.75, 3.05) is 6.67 Å². The van der Waals surface area contributed by atoms with Crippen LogP contribution in [0, 0.1) is 0 Å². The Bertz CT molecular complexity index is 506. The lowest BCUT2D eigenvalue weighted by Crippen LogP contribution is -2.43. The van der Waals surface area contributed by atoms with E-state index >= 15 is 0 Å². The average Bonchev–Trinajstić information content (AvgIpc) is 2.44. The Morgan fingerprint density at radius 1 is 1.45 bits per heavy atom. The van der Waals surface area contributed by atoms with E-state index in [9.17, 15) is 14.3 Å². The second-order valence-corrected chi connectivity index (χ2v) is 4.89. The van der Waals surface area contributed by atoms with Crippen LogP contribution in [0.25, 0.3) is 10.4 Å². The number of nitrogens with zero attached hydrogens (tertiary/aromatic N) is 3. The van der Waals surface area contributed by atoms with Crippen LogP contribution in [0.1, 0.15) is 11.7 Å². The van der Waals surface area contributed by atoms with Crippen LogP contribution in [0.4, 0.5) is 10.1 Å². The maximum absolute atomic E-state index is 12.9. The van der Waals surface area contributed by atoms with Crippen LogP contribution in [0.15, 0.2) is 29.4 Å². The molecule has 0 spiro atoms. The van der Waals surface area contributed by atoms with E-state index in [2.05, 4.69) is 15.3 Å². The summed E-state index contributed by atoms with van der Waals surface area (Å²) in [7, 11) is 0. The summed E-state index contributed by atoms with van der Waals surface area (Å²) in [5, 5.41) is 15.5. The second kappa shape index (κ2) is 7.91. The monoisotopic (exact) mass is 320 g/mol. The number of halogens is 3. The van der Waals surface area contributed by atoms with Crippen LogP contribution in [0.3, 0.4) is 0 Å². The highest BCUT2D eigenvalue weighted by Gasteiger charge is 2.24. The van der Waals surface area contributed by atoms with Crippen molar-refractivity contribution in [1.82, 2.24) is 5.32 Å². The first-order chi connectivity index (χ1) is 9.49. The highest BCUT2D eigenvalue weighted by molar-refractivity contribution is 6.53. The summed E-state index contributed by atoms with van der Waals surface area (Å²) < 4.78 is 12.9. The number of hydrogen-bond donors (Lipinski definition) is 2. The van der Waals surface area contributed by atoms with Gasteiger partial charge in [-0.1, -0.05) is 52.6 Å². The summed E-state index contributed by atoms with van der Waals surface area (Å²) in [5.41, 5.74) is 8.97. The molecule has 0 bridgehead atoms. The summed E-state index contributed by atoms with van der Waals surface area (Å²) in [6.07, 6.45) is -1.28. The van der Waals surface area contributed by atoms with Gasteiger partial charge in [0.2, 0.25) is 0 Å². The average molecular weight is 321 g/mol. The molecule has 6 nitrogen and oxygen atoms in total. The highest BCUT2D eigenvalue weighted by Crippen LogP contribution is 2.21. The van der Waals surface area contributed by atoms with Gasteiger partial charge in [0, 0.05) is 10.6 Å². The van der Waals surface area contributed by atoms with Crippen LogP contribution in [0.5, 0.6) is 0 Å². The quantitative estimate of drug-likeness (QED) is 0.364. The molecule has 1 aromatic rings. The Hall–Kier alpha value is -1.53. The summed E-state index contributed by atoms with van der Waals surface area (Å²) in [5.74, 6) is -0.791. The number of aliphatic hydroxyl groups is 1. The molecule has 1 amide bonds. The van der Waals surface area contributed by atoms with Crippen LogP contribution in [0.2, 0.25) is 0 Å². The molecule has 20 heavy (non-hydrogen) atoms. The zero-order valence-corrected chi connectivity index (χ0v) is 11.6. The fraction of sp³-hybridized carbons (Fsp3) is 0.364. The van der Waals surface area contributed by atoms with Crippen molar-refractivity contribution in [3.05, 3.63) is 40.3 Å². The summed E-state index contributed by atoms with van der Waals surface area (Å²) in [6, 6.07) is 4.67. The van der Waals surface area contributed by atoms with E-state index in [1.165, 1.54) is 24.3 Å². The number of benzene rings is 1. The second-order valence-electron chi connectivity index (χ2n) is 3.80. The largest absolute Gasteiger partial charge is 0.386 e. The van der Waals surface area contributed by atoms with Crippen molar-refractivity contribution >= 4 is 34.8 Å². The number of azide groups is 1. The lowest BCUT2D eigenvalue weighted by atomic mass is 10.0. The predicted molar refractivity (Wildman–Crippen MR) is 73.6 cm³/mol. The van der Waals surface area contributed by atoms with Gasteiger partial charge in [-0.3, -0.25) is 4.79 Å². The summed E-state index contributed by atoms with van der Waals surface area (Å²) in [6.45, 7) is -0.995. The maximum Gasteiger partial charge on any atom is 0.253 e. The number of carbonyl (C=O) groups is 1. The topological polar surface area (TPSA) is 98.1 Å². The summed E-state index contributed by atoms with van der Waals surface area (Å²) >= 11 is 10.7. The normalized spacial score (nSPS) is 13.4. The Morgan fingerprint density at radius 3 is 2.50 bits per heavy atom. The lowest BCUT2D eigenvalue weighted by Gasteiger charge is -2.22. The molecule has 1 rings (SSSR count). The third-order valence-corrected chi connectivity index (χ3v) is 2.86. The first-order valence-corrected chi connectivity index (χ1v) is 6.34. The van der Waals surface area contributed by atoms with E-state index in [1.54, 1.807) is 0 Å². The van der Waals surface area contributed by atoms with E-state index in [-0.39, 0.29) is 0 Å². The third kappa shape index (κ3) is 4.54. The van der Waals surface area contributed by atoms with Crippen LogP contribution < -0.4 is 5.32 Å². The van der Waals surface area contributed by atoms with Gasteiger partial charge in [0.05, 0.1) is 6.04 Å².